The Bertz CT molecular complexity index is 522. The van der Waals surface area contributed by atoms with Crippen molar-refractivity contribution in [3.63, 3.8) is 0 Å². The van der Waals surface area contributed by atoms with Gasteiger partial charge in [0.1, 0.15) is 11.4 Å². The molecule has 106 valence electrons. The van der Waals surface area contributed by atoms with Gasteiger partial charge in [-0.3, -0.25) is 0 Å². The van der Waals surface area contributed by atoms with Gasteiger partial charge in [-0.15, -0.1) is 0 Å². The maximum atomic E-state index is 14.2. The molecular weight excluding hydrogens is 274 g/mol. The Morgan fingerprint density at radius 2 is 1.95 bits per heavy atom. The first-order valence-corrected chi connectivity index (χ1v) is 7.70. The van der Waals surface area contributed by atoms with Gasteiger partial charge in [-0.2, -0.15) is 0 Å². The SMILES string of the molecule is CC(C(F)(F)C1CCCO1)S(=O)(=O)c1ccccc1. The fourth-order valence-electron chi connectivity index (χ4n) is 2.16. The fraction of sp³-hybridized carbons (Fsp3) is 0.538. The highest BCUT2D eigenvalue weighted by molar-refractivity contribution is 7.92. The van der Waals surface area contributed by atoms with Crippen molar-refractivity contribution in [3.05, 3.63) is 30.3 Å². The first-order valence-electron chi connectivity index (χ1n) is 6.15. The zero-order valence-electron chi connectivity index (χ0n) is 10.6. The van der Waals surface area contributed by atoms with Crippen molar-refractivity contribution in [1.29, 1.82) is 0 Å². The molecule has 0 amide bonds. The molecule has 2 rings (SSSR count). The van der Waals surface area contributed by atoms with E-state index in [4.69, 9.17) is 4.74 Å². The second kappa shape index (κ2) is 5.17. The molecule has 1 heterocycles. The minimum Gasteiger partial charge on any atom is -0.372 e. The standard InChI is InChI=1S/C13H16F2O3S/c1-10(13(14,15)12-8-5-9-18-12)19(16,17)11-6-3-2-4-7-11/h2-4,6-7,10,12H,5,8-9H2,1H3. The normalized spacial score (nSPS) is 22.4. The minimum atomic E-state index is -4.06. The maximum absolute atomic E-state index is 14.2. The van der Waals surface area contributed by atoms with Gasteiger partial charge in [0.05, 0.1) is 4.90 Å². The second-order valence-electron chi connectivity index (χ2n) is 4.68. The lowest BCUT2D eigenvalue weighted by atomic mass is 10.1. The number of rotatable bonds is 4. The van der Waals surface area contributed by atoms with E-state index in [9.17, 15) is 17.2 Å². The summed E-state index contributed by atoms with van der Waals surface area (Å²) in [6, 6.07) is 7.34. The van der Waals surface area contributed by atoms with Crippen molar-refractivity contribution < 1.29 is 21.9 Å². The molecule has 19 heavy (non-hydrogen) atoms. The molecule has 0 radical (unpaired) electrons. The van der Waals surface area contributed by atoms with Crippen LogP contribution in [0.2, 0.25) is 0 Å². The van der Waals surface area contributed by atoms with E-state index in [1.165, 1.54) is 24.3 Å². The predicted octanol–water partition coefficient (Wildman–Crippen LogP) is 2.66. The number of halogens is 2. The van der Waals surface area contributed by atoms with Gasteiger partial charge in [0.2, 0.25) is 0 Å². The molecule has 0 N–H and O–H groups in total. The van der Waals surface area contributed by atoms with Gasteiger partial charge in [-0.1, -0.05) is 18.2 Å². The molecule has 1 aliphatic rings. The van der Waals surface area contributed by atoms with Crippen LogP contribution < -0.4 is 0 Å². The first kappa shape index (κ1) is 14.4. The summed E-state index contributed by atoms with van der Waals surface area (Å²) >= 11 is 0. The quantitative estimate of drug-likeness (QED) is 0.856. The molecule has 0 bridgehead atoms. The van der Waals surface area contributed by atoms with Gasteiger partial charge < -0.3 is 4.74 Å². The van der Waals surface area contributed by atoms with E-state index in [0.717, 1.165) is 6.92 Å². The third-order valence-electron chi connectivity index (χ3n) is 3.44. The maximum Gasteiger partial charge on any atom is 0.290 e. The van der Waals surface area contributed by atoms with Gasteiger partial charge in [0.25, 0.3) is 5.92 Å². The lowest BCUT2D eigenvalue weighted by Gasteiger charge is -2.28. The predicted molar refractivity (Wildman–Crippen MR) is 67.0 cm³/mol. The van der Waals surface area contributed by atoms with Crippen molar-refractivity contribution in [3.8, 4) is 0 Å². The molecule has 0 aliphatic carbocycles. The Hall–Kier alpha value is -1.01. The summed E-state index contributed by atoms with van der Waals surface area (Å²) in [5.74, 6) is -3.38. The van der Waals surface area contributed by atoms with Crippen LogP contribution in [0, 0.1) is 0 Å². The second-order valence-corrected chi connectivity index (χ2v) is 6.95. The molecule has 2 unspecified atom stereocenters. The molecule has 0 spiro atoms. The van der Waals surface area contributed by atoms with Crippen LogP contribution in [0.15, 0.2) is 35.2 Å². The Kier molecular flexibility index (Phi) is 3.92. The van der Waals surface area contributed by atoms with Crippen LogP contribution in [0.25, 0.3) is 0 Å². The van der Waals surface area contributed by atoms with Crippen LogP contribution >= 0.6 is 0 Å². The molecule has 0 saturated carbocycles. The lowest BCUT2D eigenvalue weighted by molar-refractivity contribution is -0.114. The van der Waals surface area contributed by atoms with Gasteiger partial charge in [0.15, 0.2) is 9.84 Å². The summed E-state index contributed by atoms with van der Waals surface area (Å²) in [5.41, 5.74) is 0. The van der Waals surface area contributed by atoms with Gasteiger partial charge in [0, 0.05) is 6.61 Å². The molecule has 1 aromatic rings. The summed E-state index contributed by atoms with van der Waals surface area (Å²) in [5, 5.41) is -1.80. The van der Waals surface area contributed by atoms with Crippen molar-refractivity contribution in [1.82, 2.24) is 0 Å². The summed E-state index contributed by atoms with van der Waals surface area (Å²) in [6.45, 7) is 1.31. The van der Waals surface area contributed by atoms with Crippen LogP contribution in [-0.4, -0.2) is 32.3 Å². The van der Waals surface area contributed by atoms with E-state index in [-0.39, 0.29) is 17.9 Å². The zero-order chi connectivity index (χ0) is 14.1. The highest BCUT2D eigenvalue weighted by atomic mass is 32.2. The van der Waals surface area contributed by atoms with Crippen molar-refractivity contribution >= 4 is 9.84 Å². The van der Waals surface area contributed by atoms with Gasteiger partial charge >= 0.3 is 0 Å². The minimum absolute atomic E-state index is 0.0832. The van der Waals surface area contributed by atoms with Crippen LogP contribution in [0.4, 0.5) is 8.78 Å². The molecule has 0 aromatic heterocycles. The number of ether oxygens (including phenoxy) is 1. The molecule has 3 nitrogen and oxygen atoms in total. The van der Waals surface area contributed by atoms with E-state index >= 15 is 0 Å². The number of alkyl halides is 2. The topological polar surface area (TPSA) is 43.4 Å². The summed E-state index contributed by atoms with van der Waals surface area (Å²) in [6.07, 6.45) is -0.569. The number of hydrogen-bond acceptors (Lipinski definition) is 3. The molecule has 1 aromatic carbocycles. The van der Waals surface area contributed by atoms with Gasteiger partial charge in [-0.25, -0.2) is 17.2 Å². The molecular formula is C13H16F2O3S. The van der Waals surface area contributed by atoms with E-state index in [1.54, 1.807) is 6.07 Å². The Morgan fingerprint density at radius 3 is 2.47 bits per heavy atom. The van der Waals surface area contributed by atoms with Crippen molar-refractivity contribution in [2.75, 3.05) is 6.61 Å². The molecule has 1 fully saturated rings. The Balaban J connectivity index is 2.30. The number of benzene rings is 1. The molecule has 2 atom stereocenters. The molecule has 1 saturated heterocycles. The Labute approximate surface area is 111 Å². The van der Waals surface area contributed by atoms with Crippen LogP contribution in [0.3, 0.4) is 0 Å². The van der Waals surface area contributed by atoms with Crippen LogP contribution in [-0.2, 0) is 14.6 Å². The smallest absolute Gasteiger partial charge is 0.290 e. The van der Waals surface area contributed by atoms with Crippen LogP contribution in [0.5, 0.6) is 0 Å². The zero-order valence-corrected chi connectivity index (χ0v) is 11.4. The average Bonchev–Trinajstić information content (AvgIpc) is 2.93. The van der Waals surface area contributed by atoms with Crippen molar-refractivity contribution in [2.45, 2.75) is 41.9 Å². The number of sulfone groups is 1. The summed E-state index contributed by atoms with van der Waals surface area (Å²) < 4.78 is 57.8. The largest absolute Gasteiger partial charge is 0.372 e. The monoisotopic (exact) mass is 290 g/mol. The Morgan fingerprint density at radius 1 is 1.32 bits per heavy atom. The lowest BCUT2D eigenvalue weighted by Crippen LogP contribution is -2.46. The fourth-order valence-corrected chi connectivity index (χ4v) is 3.67. The molecule has 6 heteroatoms. The summed E-state index contributed by atoms with van der Waals surface area (Å²) in [7, 11) is -4.06. The average molecular weight is 290 g/mol. The third kappa shape index (κ3) is 2.65. The summed E-state index contributed by atoms with van der Waals surface area (Å²) in [4.78, 5) is -0.0832. The van der Waals surface area contributed by atoms with E-state index in [1.807, 2.05) is 0 Å². The number of hydrogen-bond donors (Lipinski definition) is 0. The van der Waals surface area contributed by atoms with E-state index in [0.29, 0.717) is 6.42 Å². The third-order valence-corrected chi connectivity index (χ3v) is 5.61. The highest BCUT2D eigenvalue weighted by Crippen LogP contribution is 2.37. The van der Waals surface area contributed by atoms with E-state index < -0.39 is 27.1 Å². The van der Waals surface area contributed by atoms with Crippen LogP contribution in [0.1, 0.15) is 19.8 Å². The van der Waals surface area contributed by atoms with Gasteiger partial charge in [-0.05, 0) is 31.9 Å². The van der Waals surface area contributed by atoms with E-state index in [2.05, 4.69) is 0 Å². The molecule has 1 aliphatic heterocycles. The van der Waals surface area contributed by atoms with Crippen molar-refractivity contribution in [2.24, 2.45) is 0 Å². The first-order chi connectivity index (χ1) is 8.87. The highest BCUT2D eigenvalue weighted by Gasteiger charge is 2.52.